The van der Waals surface area contributed by atoms with Crippen LogP contribution in [-0.2, 0) is 9.59 Å². The monoisotopic (exact) mass is 212 g/mol. The molecule has 0 radical (unpaired) electrons. The fraction of sp³-hybridized carbons (Fsp3) is 0.0833. The molecule has 78 valence electrons. The molecular weight excluding hydrogens is 204 g/mol. The van der Waals surface area contributed by atoms with Gasteiger partial charge in [0.1, 0.15) is 0 Å². The summed E-state index contributed by atoms with van der Waals surface area (Å²) in [6, 6.07) is 9.88. The summed E-state index contributed by atoms with van der Waals surface area (Å²) in [5.41, 5.74) is 0.635. The summed E-state index contributed by atoms with van der Waals surface area (Å²) in [4.78, 5) is 23.8. The van der Waals surface area contributed by atoms with Crippen LogP contribution in [0.4, 0.5) is 0 Å². The van der Waals surface area contributed by atoms with E-state index in [4.69, 9.17) is 5.26 Å². The second-order valence-electron chi connectivity index (χ2n) is 3.32. The van der Waals surface area contributed by atoms with Crippen molar-refractivity contribution in [2.75, 3.05) is 0 Å². The minimum atomic E-state index is -0.851. The van der Waals surface area contributed by atoms with Crippen molar-refractivity contribution in [1.29, 1.82) is 5.26 Å². The van der Waals surface area contributed by atoms with Crippen molar-refractivity contribution in [3.05, 3.63) is 48.0 Å². The third kappa shape index (κ3) is 1.59. The maximum absolute atomic E-state index is 11.4. The van der Waals surface area contributed by atoms with Crippen molar-refractivity contribution in [2.45, 2.75) is 6.04 Å². The highest BCUT2D eigenvalue weighted by atomic mass is 16.2. The van der Waals surface area contributed by atoms with Gasteiger partial charge in [0.2, 0.25) is 0 Å². The first-order valence-corrected chi connectivity index (χ1v) is 4.74. The van der Waals surface area contributed by atoms with E-state index in [1.54, 1.807) is 24.3 Å². The molecule has 2 amide bonds. The first kappa shape index (κ1) is 10.1. The summed E-state index contributed by atoms with van der Waals surface area (Å²) in [5, 5.41) is 9.05. The molecule has 16 heavy (non-hydrogen) atoms. The average Bonchev–Trinajstić information content (AvgIpc) is 2.63. The van der Waals surface area contributed by atoms with Crippen LogP contribution in [0.25, 0.3) is 0 Å². The van der Waals surface area contributed by atoms with Crippen LogP contribution in [0.1, 0.15) is 11.6 Å². The van der Waals surface area contributed by atoms with Gasteiger partial charge in [0.25, 0.3) is 11.8 Å². The molecule has 1 aromatic rings. The van der Waals surface area contributed by atoms with Crippen LogP contribution in [0.5, 0.6) is 0 Å². The average molecular weight is 212 g/mol. The lowest BCUT2D eigenvalue weighted by Crippen LogP contribution is -2.33. The Hall–Kier alpha value is -2.41. The van der Waals surface area contributed by atoms with Gasteiger partial charge in [-0.2, -0.15) is 5.26 Å². The lowest BCUT2D eigenvalue weighted by Gasteiger charge is -2.19. The van der Waals surface area contributed by atoms with Gasteiger partial charge in [0.05, 0.1) is 6.07 Å². The van der Waals surface area contributed by atoms with Crippen LogP contribution in [0.2, 0.25) is 0 Å². The maximum atomic E-state index is 11.4. The largest absolute Gasteiger partial charge is 0.269 e. The predicted molar refractivity (Wildman–Crippen MR) is 55.8 cm³/mol. The molecule has 0 bridgehead atoms. The molecular formula is C12H8N2O2. The van der Waals surface area contributed by atoms with E-state index < -0.39 is 17.9 Å². The molecule has 0 aliphatic carbocycles. The maximum Gasteiger partial charge on any atom is 0.255 e. The minimum Gasteiger partial charge on any atom is -0.269 e. The van der Waals surface area contributed by atoms with E-state index >= 15 is 0 Å². The Kier molecular flexibility index (Phi) is 2.52. The second-order valence-corrected chi connectivity index (χ2v) is 3.32. The van der Waals surface area contributed by atoms with Crippen LogP contribution in [0, 0.1) is 11.3 Å². The Morgan fingerprint density at radius 1 is 1.06 bits per heavy atom. The molecule has 1 atom stereocenters. The van der Waals surface area contributed by atoms with Crippen LogP contribution in [-0.4, -0.2) is 16.7 Å². The molecule has 2 rings (SSSR count). The lowest BCUT2D eigenvalue weighted by molar-refractivity contribution is -0.138. The molecule has 0 saturated heterocycles. The summed E-state index contributed by atoms with van der Waals surface area (Å²) in [7, 11) is 0. The summed E-state index contributed by atoms with van der Waals surface area (Å²) < 4.78 is 0. The van der Waals surface area contributed by atoms with Crippen molar-refractivity contribution >= 4 is 11.8 Å². The number of imide groups is 1. The number of rotatable bonds is 2. The zero-order chi connectivity index (χ0) is 11.5. The smallest absolute Gasteiger partial charge is 0.255 e. The summed E-state index contributed by atoms with van der Waals surface area (Å²) in [6.45, 7) is 0. The molecule has 4 heteroatoms. The standard InChI is InChI=1S/C12H8N2O2/c13-8-10(9-4-2-1-3-5-9)14-11(15)6-7-12(14)16/h1-7,10H. The zero-order valence-electron chi connectivity index (χ0n) is 8.33. The molecule has 0 fully saturated rings. The quantitative estimate of drug-likeness (QED) is 0.691. The van der Waals surface area contributed by atoms with Crippen LogP contribution in [0.3, 0.4) is 0 Å². The van der Waals surface area contributed by atoms with Crippen LogP contribution < -0.4 is 0 Å². The fourth-order valence-electron chi connectivity index (χ4n) is 1.58. The molecule has 0 aromatic heterocycles. The number of nitriles is 1. The normalized spacial score (nSPS) is 16.3. The van der Waals surface area contributed by atoms with E-state index in [1.807, 2.05) is 12.1 Å². The first-order valence-electron chi connectivity index (χ1n) is 4.74. The van der Waals surface area contributed by atoms with Gasteiger partial charge >= 0.3 is 0 Å². The van der Waals surface area contributed by atoms with E-state index in [9.17, 15) is 9.59 Å². The molecule has 1 aliphatic rings. The fourth-order valence-corrected chi connectivity index (χ4v) is 1.58. The molecule has 1 aromatic carbocycles. The number of carbonyl (C=O) groups excluding carboxylic acids is 2. The van der Waals surface area contributed by atoms with Gasteiger partial charge in [0.15, 0.2) is 6.04 Å². The highest BCUT2D eigenvalue weighted by molar-refractivity contribution is 6.13. The lowest BCUT2D eigenvalue weighted by atomic mass is 10.1. The minimum absolute atomic E-state index is 0.444. The number of nitrogens with zero attached hydrogens (tertiary/aromatic N) is 2. The SMILES string of the molecule is N#CC(c1ccccc1)N1C(=O)C=CC1=O. The van der Waals surface area contributed by atoms with E-state index in [0.717, 1.165) is 4.90 Å². The molecule has 0 saturated carbocycles. The number of carbonyl (C=O) groups is 2. The Balaban J connectivity index is 2.36. The molecule has 1 heterocycles. The van der Waals surface area contributed by atoms with Gasteiger partial charge in [-0.05, 0) is 5.56 Å². The van der Waals surface area contributed by atoms with Crippen molar-refractivity contribution in [2.24, 2.45) is 0 Å². The van der Waals surface area contributed by atoms with Crippen LogP contribution >= 0.6 is 0 Å². The third-order valence-corrected chi connectivity index (χ3v) is 2.34. The Bertz CT molecular complexity index is 482. The highest BCUT2D eigenvalue weighted by Crippen LogP contribution is 2.23. The van der Waals surface area contributed by atoms with Gasteiger partial charge in [-0.15, -0.1) is 0 Å². The number of hydrogen-bond acceptors (Lipinski definition) is 3. The Morgan fingerprint density at radius 3 is 2.12 bits per heavy atom. The Labute approximate surface area is 92.4 Å². The van der Waals surface area contributed by atoms with E-state index in [2.05, 4.69) is 0 Å². The molecule has 0 spiro atoms. The van der Waals surface area contributed by atoms with Crippen molar-refractivity contribution in [3.63, 3.8) is 0 Å². The summed E-state index contributed by atoms with van der Waals surface area (Å²) in [5.74, 6) is -0.888. The molecule has 0 N–H and O–H groups in total. The van der Waals surface area contributed by atoms with Gasteiger partial charge in [0, 0.05) is 12.2 Å². The molecule has 1 aliphatic heterocycles. The van der Waals surface area contributed by atoms with Crippen molar-refractivity contribution < 1.29 is 9.59 Å². The Morgan fingerprint density at radius 2 is 1.62 bits per heavy atom. The highest BCUT2D eigenvalue weighted by Gasteiger charge is 2.31. The predicted octanol–water partition coefficient (Wildman–Crippen LogP) is 1.18. The van der Waals surface area contributed by atoms with E-state index in [0.29, 0.717) is 5.56 Å². The van der Waals surface area contributed by atoms with Gasteiger partial charge in [-0.3, -0.25) is 14.5 Å². The van der Waals surface area contributed by atoms with E-state index in [-0.39, 0.29) is 0 Å². The summed E-state index contributed by atoms with van der Waals surface area (Å²) in [6.07, 6.45) is 2.35. The first-order chi connectivity index (χ1) is 7.74. The van der Waals surface area contributed by atoms with Gasteiger partial charge in [-0.25, -0.2) is 0 Å². The van der Waals surface area contributed by atoms with Gasteiger partial charge < -0.3 is 0 Å². The number of benzene rings is 1. The summed E-state index contributed by atoms with van der Waals surface area (Å²) >= 11 is 0. The number of amides is 2. The van der Waals surface area contributed by atoms with Crippen molar-refractivity contribution in [3.8, 4) is 6.07 Å². The van der Waals surface area contributed by atoms with Crippen LogP contribution in [0.15, 0.2) is 42.5 Å². The third-order valence-electron chi connectivity index (χ3n) is 2.34. The van der Waals surface area contributed by atoms with Gasteiger partial charge in [-0.1, -0.05) is 30.3 Å². The van der Waals surface area contributed by atoms with E-state index in [1.165, 1.54) is 12.2 Å². The zero-order valence-corrected chi connectivity index (χ0v) is 8.33. The van der Waals surface area contributed by atoms with Crippen molar-refractivity contribution in [1.82, 2.24) is 4.90 Å². The topological polar surface area (TPSA) is 61.2 Å². The number of hydrogen-bond donors (Lipinski definition) is 0. The second kappa shape index (κ2) is 3.99. The molecule has 4 nitrogen and oxygen atoms in total. The molecule has 1 unspecified atom stereocenters.